The highest BCUT2D eigenvalue weighted by molar-refractivity contribution is 6.70. The smallest absolute Gasteiger partial charge is 0.412 e. The van der Waals surface area contributed by atoms with E-state index in [9.17, 15) is 4.79 Å². The van der Waals surface area contributed by atoms with E-state index < -0.39 is 20.0 Å². The number of amides is 1. The number of rotatable bonds is 3. The molecule has 112 valence electrons. The summed E-state index contributed by atoms with van der Waals surface area (Å²) in [7, 11) is -1.71. The quantitative estimate of drug-likeness (QED) is 0.807. The van der Waals surface area contributed by atoms with Gasteiger partial charge in [-0.1, -0.05) is 11.6 Å². The first-order chi connectivity index (χ1) is 8.96. The summed E-state index contributed by atoms with van der Waals surface area (Å²) in [6.45, 7) is 11.7. The molecule has 20 heavy (non-hydrogen) atoms. The Morgan fingerprint density at radius 1 is 1.25 bits per heavy atom. The van der Waals surface area contributed by atoms with E-state index in [1.54, 1.807) is 18.2 Å². The standard InChI is InChI=1S/C14H22ClNO3Si/c1-14(2,3)18-13(17)16-10-7-8-12(11(15)9-10)19-20(4,5)6/h7-9H,1-6H3,(H,16,17). The van der Waals surface area contributed by atoms with E-state index in [1.165, 1.54) is 0 Å². The van der Waals surface area contributed by atoms with Crippen LogP contribution in [0.5, 0.6) is 5.75 Å². The fraction of sp³-hybridized carbons (Fsp3) is 0.500. The van der Waals surface area contributed by atoms with Gasteiger partial charge in [0.05, 0.1) is 5.02 Å². The SMILES string of the molecule is CC(C)(C)OC(=O)Nc1ccc(O[Si](C)(C)C)c(Cl)c1. The van der Waals surface area contributed by atoms with Crippen molar-refractivity contribution >= 4 is 31.7 Å². The fourth-order valence-electron chi connectivity index (χ4n) is 1.41. The molecule has 1 rings (SSSR count). The molecule has 1 aromatic rings. The molecule has 0 aliphatic heterocycles. The molecule has 0 unspecified atom stereocenters. The van der Waals surface area contributed by atoms with Crippen LogP contribution in [-0.2, 0) is 4.74 Å². The number of benzene rings is 1. The Bertz CT molecular complexity index is 492. The molecular weight excluding hydrogens is 294 g/mol. The lowest BCUT2D eigenvalue weighted by Crippen LogP contribution is -2.29. The summed E-state index contributed by atoms with van der Waals surface area (Å²) in [5, 5.41) is 3.11. The monoisotopic (exact) mass is 315 g/mol. The summed E-state index contributed by atoms with van der Waals surface area (Å²) in [6, 6.07) is 5.15. The summed E-state index contributed by atoms with van der Waals surface area (Å²) >= 11 is 6.16. The van der Waals surface area contributed by atoms with Gasteiger partial charge in [-0.3, -0.25) is 5.32 Å². The van der Waals surface area contributed by atoms with Crippen molar-refractivity contribution in [2.45, 2.75) is 46.0 Å². The third-order valence-electron chi connectivity index (χ3n) is 1.99. The van der Waals surface area contributed by atoms with Gasteiger partial charge in [0, 0.05) is 5.69 Å². The fourth-order valence-corrected chi connectivity index (χ4v) is 2.53. The molecule has 0 saturated heterocycles. The zero-order valence-corrected chi connectivity index (χ0v) is 14.6. The van der Waals surface area contributed by atoms with Crippen molar-refractivity contribution in [2.75, 3.05) is 5.32 Å². The van der Waals surface area contributed by atoms with E-state index in [4.69, 9.17) is 20.8 Å². The van der Waals surface area contributed by atoms with E-state index in [2.05, 4.69) is 25.0 Å². The Balaban J connectivity index is 2.75. The number of ether oxygens (including phenoxy) is 1. The highest BCUT2D eigenvalue weighted by Crippen LogP contribution is 2.29. The predicted molar refractivity (Wildman–Crippen MR) is 85.3 cm³/mol. The molecule has 0 aromatic heterocycles. The minimum absolute atomic E-state index is 0.473. The van der Waals surface area contributed by atoms with Gasteiger partial charge in [-0.15, -0.1) is 0 Å². The van der Waals surface area contributed by atoms with Crippen molar-refractivity contribution < 1.29 is 14.0 Å². The molecule has 0 heterocycles. The Morgan fingerprint density at radius 2 is 1.85 bits per heavy atom. The molecule has 0 aliphatic rings. The molecule has 1 N–H and O–H groups in total. The number of anilines is 1. The first-order valence-electron chi connectivity index (χ1n) is 6.45. The van der Waals surface area contributed by atoms with Crippen LogP contribution in [0.1, 0.15) is 20.8 Å². The lowest BCUT2D eigenvalue weighted by atomic mass is 10.2. The third kappa shape index (κ3) is 6.30. The van der Waals surface area contributed by atoms with Crippen LogP contribution in [0.25, 0.3) is 0 Å². The second-order valence-corrected chi connectivity index (χ2v) is 11.3. The maximum Gasteiger partial charge on any atom is 0.412 e. The number of halogens is 1. The van der Waals surface area contributed by atoms with Crippen molar-refractivity contribution in [3.8, 4) is 5.75 Å². The average molecular weight is 316 g/mol. The predicted octanol–water partition coefficient (Wildman–Crippen LogP) is 4.90. The van der Waals surface area contributed by atoms with Crippen molar-refractivity contribution in [2.24, 2.45) is 0 Å². The number of hydrogen-bond donors (Lipinski definition) is 1. The Hall–Kier alpha value is -1.20. The first kappa shape index (κ1) is 16.9. The van der Waals surface area contributed by atoms with Gasteiger partial charge in [0.25, 0.3) is 0 Å². The zero-order valence-electron chi connectivity index (χ0n) is 12.8. The molecule has 0 spiro atoms. The second kappa shape index (κ2) is 6.05. The molecular formula is C14H22ClNO3Si. The van der Waals surface area contributed by atoms with Crippen molar-refractivity contribution in [3.05, 3.63) is 23.2 Å². The van der Waals surface area contributed by atoms with Crippen LogP contribution in [0.3, 0.4) is 0 Å². The maximum absolute atomic E-state index is 11.7. The van der Waals surface area contributed by atoms with Crippen LogP contribution in [-0.4, -0.2) is 20.0 Å². The minimum Gasteiger partial charge on any atom is -0.543 e. The van der Waals surface area contributed by atoms with Gasteiger partial charge in [-0.25, -0.2) is 4.79 Å². The van der Waals surface area contributed by atoms with Crippen LogP contribution >= 0.6 is 11.6 Å². The van der Waals surface area contributed by atoms with Gasteiger partial charge in [0.2, 0.25) is 8.32 Å². The summed E-state index contributed by atoms with van der Waals surface area (Å²) in [5.41, 5.74) is 0.0431. The lowest BCUT2D eigenvalue weighted by molar-refractivity contribution is 0.0636. The van der Waals surface area contributed by atoms with Crippen molar-refractivity contribution in [1.82, 2.24) is 0 Å². The number of nitrogens with one attached hydrogen (secondary N) is 1. The van der Waals surface area contributed by atoms with E-state index in [-0.39, 0.29) is 0 Å². The maximum atomic E-state index is 11.7. The third-order valence-corrected chi connectivity index (χ3v) is 3.12. The van der Waals surface area contributed by atoms with E-state index in [0.717, 1.165) is 0 Å². The molecule has 6 heteroatoms. The molecule has 0 saturated carbocycles. The van der Waals surface area contributed by atoms with E-state index in [1.807, 2.05) is 20.8 Å². The van der Waals surface area contributed by atoms with Gasteiger partial charge in [-0.2, -0.15) is 0 Å². The summed E-state index contributed by atoms with van der Waals surface area (Å²) in [4.78, 5) is 11.7. The molecule has 0 bridgehead atoms. The van der Waals surface area contributed by atoms with Crippen molar-refractivity contribution in [3.63, 3.8) is 0 Å². The van der Waals surface area contributed by atoms with Crippen LogP contribution in [0, 0.1) is 0 Å². The van der Waals surface area contributed by atoms with Crippen LogP contribution in [0.2, 0.25) is 24.7 Å². The number of carbonyl (C=O) groups is 1. The Labute approximate surface area is 126 Å². The van der Waals surface area contributed by atoms with E-state index >= 15 is 0 Å². The molecule has 0 fully saturated rings. The highest BCUT2D eigenvalue weighted by Gasteiger charge is 2.19. The Morgan fingerprint density at radius 3 is 2.30 bits per heavy atom. The molecule has 4 nitrogen and oxygen atoms in total. The second-order valence-electron chi connectivity index (χ2n) is 6.49. The molecule has 0 aliphatic carbocycles. The van der Waals surface area contributed by atoms with Gasteiger partial charge in [0.1, 0.15) is 11.4 Å². The Kier molecular flexibility index (Phi) is 5.10. The topological polar surface area (TPSA) is 47.6 Å². The molecule has 0 radical (unpaired) electrons. The van der Waals surface area contributed by atoms with Crippen LogP contribution in [0.4, 0.5) is 10.5 Å². The average Bonchev–Trinajstić information content (AvgIpc) is 2.17. The summed E-state index contributed by atoms with van der Waals surface area (Å²) in [6.07, 6.45) is -0.507. The number of carbonyl (C=O) groups excluding carboxylic acids is 1. The van der Waals surface area contributed by atoms with Crippen LogP contribution < -0.4 is 9.74 Å². The first-order valence-corrected chi connectivity index (χ1v) is 10.2. The van der Waals surface area contributed by atoms with Gasteiger partial charge in [0.15, 0.2) is 0 Å². The minimum atomic E-state index is -1.71. The number of hydrogen-bond acceptors (Lipinski definition) is 3. The zero-order chi connectivity index (χ0) is 15.6. The van der Waals surface area contributed by atoms with Gasteiger partial charge in [-0.05, 0) is 58.6 Å². The van der Waals surface area contributed by atoms with Crippen molar-refractivity contribution in [1.29, 1.82) is 0 Å². The van der Waals surface area contributed by atoms with Gasteiger partial charge < -0.3 is 9.16 Å². The van der Waals surface area contributed by atoms with E-state index in [0.29, 0.717) is 16.5 Å². The molecule has 0 atom stereocenters. The summed E-state index contributed by atoms with van der Waals surface area (Å²) in [5.74, 6) is 0.639. The van der Waals surface area contributed by atoms with Crippen LogP contribution in [0.15, 0.2) is 18.2 Å². The molecule has 1 amide bonds. The summed E-state index contributed by atoms with van der Waals surface area (Å²) < 4.78 is 11.0. The normalized spacial score (nSPS) is 11.9. The van der Waals surface area contributed by atoms with Gasteiger partial charge >= 0.3 is 6.09 Å². The molecule has 1 aromatic carbocycles. The highest BCUT2D eigenvalue weighted by atomic mass is 35.5. The largest absolute Gasteiger partial charge is 0.543 e. The lowest BCUT2D eigenvalue weighted by Gasteiger charge is -2.21.